The third kappa shape index (κ3) is 4.86. The van der Waals surface area contributed by atoms with Crippen LogP contribution in [-0.4, -0.2) is 45.1 Å². The van der Waals surface area contributed by atoms with E-state index in [0.717, 1.165) is 40.4 Å². The van der Waals surface area contributed by atoms with Gasteiger partial charge >= 0.3 is 0 Å². The SMILES string of the molecule is CCSc1nnc(SC(C(=O)N2CCCCC2)C(C)C)s1. The summed E-state index contributed by atoms with van der Waals surface area (Å²) in [4.78, 5) is 14.8. The van der Waals surface area contributed by atoms with Gasteiger partial charge in [0.25, 0.3) is 0 Å². The lowest BCUT2D eigenvalue weighted by atomic mass is 10.1. The summed E-state index contributed by atoms with van der Waals surface area (Å²) in [5, 5.41) is 8.35. The number of hydrogen-bond acceptors (Lipinski definition) is 6. The predicted molar refractivity (Wildman–Crippen MR) is 91.2 cm³/mol. The maximum atomic E-state index is 12.7. The molecule has 2 rings (SSSR count). The summed E-state index contributed by atoms with van der Waals surface area (Å²) in [6, 6.07) is 0. The van der Waals surface area contributed by atoms with Gasteiger partial charge in [-0.25, -0.2) is 0 Å². The average Bonchev–Trinajstić information content (AvgIpc) is 2.92. The summed E-state index contributed by atoms with van der Waals surface area (Å²) in [6.45, 7) is 8.16. The van der Waals surface area contributed by atoms with Gasteiger partial charge in [-0.05, 0) is 30.9 Å². The number of piperidine rings is 1. The van der Waals surface area contributed by atoms with Crippen molar-refractivity contribution in [3.8, 4) is 0 Å². The third-order valence-electron chi connectivity index (χ3n) is 3.40. The number of thioether (sulfide) groups is 2. The summed E-state index contributed by atoms with van der Waals surface area (Å²) >= 11 is 4.89. The van der Waals surface area contributed by atoms with E-state index in [-0.39, 0.29) is 11.2 Å². The fraction of sp³-hybridized carbons (Fsp3) is 0.786. The first kappa shape index (κ1) is 17.1. The van der Waals surface area contributed by atoms with Crippen LogP contribution < -0.4 is 0 Å². The zero-order chi connectivity index (χ0) is 15.2. The number of likely N-dealkylation sites (tertiary alicyclic amines) is 1. The highest BCUT2D eigenvalue weighted by Crippen LogP contribution is 2.34. The Bertz CT molecular complexity index is 458. The Labute approximate surface area is 139 Å². The lowest BCUT2D eigenvalue weighted by molar-refractivity contribution is -0.132. The van der Waals surface area contributed by atoms with Crippen molar-refractivity contribution in [2.24, 2.45) is 5.92 Å². The van der Waals surface area contributed by atoms with Gasteiger partial charge in [0.2, 0.25) is 5.91 Å². The van der Waals surface area contributed by atoms with Gasteiger partial charge in [0.05, 0.1) is 5.25 Å². The van der Waals surface area contributed by atoms with E-state index in [1.807, 2.05) is 4.90 Å². The molecule has 1 aromatic rings. The highest BCUT2D eigenvalue weighted by atomic mass is 32.2. The van der Waals surface area contributed by atoms with Crippen molar-refractivity contribution < 1.29 is 4.79 Å². The van der Waals surface area contributed by atoms with Gasteiger partial charge in [0.1, 0.15) is 0 Å². The van der Waals surface area contributed by atoms with E-state index in [1.165, 1.54) is 6.42 Å². The molecule has 0 aliphatic carbocycles. The van der Waals surface area contributed by atoms with Crippen LogP contribution in [0.3, 0.4) is 0 Å². The van der Waals surface area contributed by atoms with Crippen molar-refractivity contribution in [3.63, 3.8) is 0 Å². The van der Waals surface area contributed by atoms with Gasteiger partial charge < -0.3 is 4.90 Å². The number of carbonyl (C=O) groups is 1. The smallest absolute Gasteiger partial charge is 0.236 e. The molecule has 118 valence electrons. The van der Waals surface area contributed by atoms with Crippen molar-refractivity contribution in [2.75, 3.05) is 18.8 Å². The number of hydrogen-bond donors (Lipinski definition) is 0. The summed E-state index contributed by atoms with van der Waals surface area (Å²) in [5.41, 5.74) is 0. The van der Waals surface area contributed by atoms with Crippen LogP contribution in [0.15, 0.2) is 8.68 Å². The van der Waals surface area contributed by atoms with Crippen molar-refractivity contribution in [2.45, 2.75) is 54.0 Å². The molecule has 1 atom stereocenters. The summed E-state index contributed by atoms with van der Waals surface area (Å²) < 4.78 is 1.91. The van der Waals surface area contributed by atoms with Crippen molar-refractivity contribution in [1.82, 2.24) is 15.1 Å². The topological polar surface area (TPSA) is 46.1 Å². The molecule has 4 nitrogen and oxygen atoms in total. The molecule has 1 amide bonds. The Kier molecular flexibility index (Phi) is 6.82. The van der Waals surface area contributed by atoms with Crippen LogP contribution in [0.1, 0.15) is 40.0 Å². The van der Waals surface area contributed by atoms with Gasteiger partial charge in [-0.3, -0.25) is 4.79 Å². The molecule has 0 bridgehead atoms. The van der Waals surface area contributed by atoms with Gasteiger partial charge in [-0.1, -0.05) is 55.6 Å². The average molecular weight is 346 g/mol. The Morgan fingerprint density at radius 2 is 1.90 bits per heavy atom. The maximum Gasteiger partial charge on any atom is 0.236 e. The first-order chi connectivity index (χ1) is 10.1. The van der Waals surface area contributed by atoms with E-state index in [4.69, 9.17) is 0 Å². The Morgan fingerprint density at radius 1 is 1.24 bits per heavy atom. The molecule has 21 heavy (non-hydrogen) atoms. The molecule has 2 heterocycles. The quantitative estimate of drug-likeness (QED) is 0.734. The standard InChI is InChI=1S/C14H23N3OS3/c1-4-19-13-15-16-14(21-13)20-11(10(2)3)12(18)17-8-6-5-7-9-17/h10-11H,4-9H2,1-3H3. The van der Waals surface area contributed by atoms with Crippen LogP contribution in [0.5, 0.6) is 0 Å². The zero-order valence-corrected chi connectivity index (χ0v) is 15.3. The molecule has 7 heteroatoms. The van der Waals surface area contributed by atoms with E-state index >= 15 is 0 Å². The number of amides is 1. The molecule has 1 aliphatic heterocycles. The van der Waals surface area contributed by atoms with Crippen LogP contribution >= 0.6 is 34.9 Å². The Balaban J connectivity index is 2.01. The first-order valence-electron chi connectivity index (χ1n) is 7.53. The second-order valence-corrected chi connectivity index (χ2v) is 9.31. The van der Waals surface area contributed by atoms with E-state index in [2.05, 4.69) is 31.0 Å². The van der Waals surface area contributed by atoms with E-state index < -0.39 is 0 Å². The highest BCUT2D eigenvalue weighted by molar-refractivity contribution is 8.03. The van der Waals surface area contributed by atoms with E-state index in [0.29, 0.717) is 5.92 Å². The van der Waals surface area contributed by atoms with Gasteiger partial charge in [0, 0.05) is 13.1 Å². The van der Waals surface area contributed by atoms with Crippen LogP contribution in [0, 0.1) is 5.92 Å². The Hall–Kier alpha value is -0.270. The maximum absolute atomic E-state index is 12.7. The fourth-order valence-electron chi connectivity index (χ4n) is 2.30. The minimum Gasteiger partial charge on any atom is -0.342 e. The molecule has 0 aromatic carbocycles. The zero-order valence-electron chi connectivity index (χ0n) is 12.9. The summed E-state index contributed by atoms with van der Waals surface area (Å²) in [7, 11) is 0. The molecule has 0 N–H and O–H groups in total. The minimum atomic E-state index is -0.0458. The predicted octanol–water partition coefficient (Wildman–Crippen LogP) is 3.78. The van der Waals surface area contributed by atoms with Crippen LogP contribution in [-0.2, 0) is 4.79 Å². The molecule has 0 saturated carbocycles. The van der Waals surface area contributed by atoms with Crippen LogP contribution in [0.4, 0.5) is 0 Å². The van der Waals surface area contributed by atoms with Crippen LogP contribution in [0.25, 0.3) is 0 Å². The summed E-state index contributed by atoms with van der Waals surface area (Å²) in [6.07, 6.45) is 3.52. The monoisotopic (exact) mass is 345 g/mol. The number of rotatable bonds is 6. The fourth-order valence-corrected chi connectivity index (χ4v) is 5.51. The number of carbonyl (C=O) groups excluding carboxylic acids is 1. The van der Waals surface area contributed by atoms with E-state index in [9.17, 15) is 4.79 Å². The summed E-state index contributed by atoms with van der Waals surface area (Å²) in [5.74, 6) is 1.57. The molecule has 0 spiro atoms. The first-order valence-corrected chi connectivity index (χ1v) is 10.2. The third-order valence-corrected chi connectivity index (χ3v) is 6.96. The lowest BCUT2D eigenvalue weighted by Crippen LogP contribution is -2.42. The lowest BCUT2D eigenvalue weighted by Gasteiger charge is -2.31. The second kappa shape index (κ2) is 8.39. The van der Waals surface area contributed by atoms with Crippen molar-refractivity contribution in [1.29, 1.82) is 0 Å². The van der Waals surface area contributed by atoms with Crippen LogP contribution in [0.2, 0.25) is 0 Å². The largest absolute Gasteiger partial charge is 0.342 e. The molecule has 1 aromatic heterocycles. The highest BCUT2D eigenvalue weighted by Gasteiger charge is 2.30. The minimum absolute atomic E-state index is 0.0458. The molecule has 1 saturated heterocycles. The normalized spacial score (nSPS) is 17.2. The van der Waals surface area contributed by atoms with Crippen molar-refractivity contribution in [3.05, 3.63) is 0 Å². The van der Waals surface area contributed by atoms with Crippen molar-refractivity contribution >= 4 is 40.8 Å². The molecular formula is C14H23N3OS3. The molecule has 0 radical (unpaired) electrons. The molecule has 1 fully saturated rings. The molecule has 1 unspecified atom stereocenters. The molecular weight excluding hydrogens is 322 g/mol. The Morgan fingerprint density at radius 3 is 2.52 bits per heavy atom. The van der Waals surface area contributed by atoms with Gasteiger partial charge in [0.15, 0.2) is 8.68 Å². The van der Waals surface area contributed by atoms with Gasteiger partial charge in [-0.15, -0.1) is 10.2 Å². The second-order valence-electron chi connectivity index (χ2n) is 5.44. The number of aromatic nitrogens is 2. The van der Waals surface area contributed by atoms with E-state index in [1.54, 1.807) is 34.9 Å². The molecule has 1 aliphatic rings. The van der Waals surface area contributed by atoms with Gasteiger partial charge in [-0.2, -0.15) is 0 Å². The number of nitrogens with zero attached hydrogens (tertiary/aromatic N) is 3.